The maximum atomic E-state index is 13.7. The first-order chi connectivity index (χ1) is 12.5. The minimum absolute atomic E-state index is 0.129. The lowest BCUT2D eigenvalue weighted by molar-refractivity contribution is 0.358. The molecule has 2 aliphatic rings. The molecule has 140 valence electrons. The summed E-state index contributed by atoms with van der Waals surface area (Å²) in [6.07, 6.45) is 1.37. The summed E-state index contributed by atoms with van der Waals surface area (Å²) in [5.41, 5.74) is 0. The predicted octanol–water partition coefficient (Wildman–Crippen LogP) is 1.05. The Bertz CT molecular complexity index is 930. The molecule has 26 heavy (non-hydrogen) atoms. The molecule has 0 radical (unpaired) electrons. The lowest BCUT2D eigenvalue weighted by Crippen LogP contribution is -2.34. The van der Waals surface area contributed by atoms with Gasteiger partial charge in [-0.3, -0.25) is 0 Å². The lowest BCUT2D eigenvalue weighted by Gasteiger charge is -2.26. The molecule has 1 saturated heterocycles. The van der Waals surface area contributed by atoms with Crippen molar-refractivity contribution in [2.24, 2.45) is 0 Å². The van der Waals surface area contributed by atoms with E-state index in [9.17, 15) is 12.8 Å². The van der Waals surface area contributed by atoms with E-state index >= 15 is 0 Å². The zero-order chi connectivity index (χ0) is 18.3. The number of nitrogens with zero attached hydrogens (tertiary/aromatic N) is 4. The number of methoxy groups -OCH3 is 1. The van der Waals surface area contributed by atoms with Gasteiger partial charge in [0, 0.05) is 19.6 Å². The molecule has 8 nitrogen and oxygen atoms in total. The van der Waals surface area contributed by atoms with Crippen LogP contribution in [-0.2, 0) is 23.1 Å². The SMILES string of the molecule is COc1ccc(F)cc1S(=O)(=O)N1CCC[C@@H]1c1nnc2n1CCNC2. The first-order valence-electron chi connectivity index (χ1n) is 8.50. The van der Waals surface area contributed by atoms with Gasteiger partial charge in [-0.15, -0.1) is 10.2 Å². The number of halogens is 1. The van der Waals surface area contributed by atoms with Crippen LogP contribution in [0.4, 0.5) is 4.39 Å². The number of ether oxygens (including phenoxy) is 1. The topological polar surface area (TPSA) is 89.4 Å². The number of hydrogen-bond donors (Lipinski definition) is 1. The molecule has 0 aliphatic carbocycles. The summed E-state index contributed by atoms with van der Waals surface area (Å²) in [6, 6.07) is 3.11. The minimum atomic E-state index is -3.93. The van der Waals surface area contributed by atoms with Crippen LogP contribution < -0.4 is 10.1 Å². The number of sulfonamides is 1. The number of nitrogens with one attached hydrogen (secondary N) is 1. The molecule has 4 rings (SSSR count). The monoisotopic (exact) mass is 381 g/mol. The van der Waals surface area contributed by atoms with Crippen LogP contribution in [0.5, 0.6) is 5.75 Å². The van der Waals surface area contributed by atoms with Gasteiger partial charge in [0.25, 0.3) is 0 Å². The van der Waals surface area contributed by atoms with E-state index in [1.54, 1.807) is 0 Å². The van der Waals surface area contributed by atoms with Crippen LogP contribution in [0.25, 0.3) is 0 Å². The third-order valence-corrected chi connectivity index (χ3v) is 6.79. The Morgan fingerprint density at radius 2 is 2.15 bits per heavy atom. The second-order valence-corrected chi connectivity index (χ2v) is 8.23. The summed E-state index contributed by atoms with van der Waals surface area (Å²) >= 11 is 0. The van der Waals surface area contributed by atoms with Gasteiger partial charge in [-0.1, -0.05) is 0 Å². The Kier molecular flexibility index (Phi) is 4.41. The molecule has 0 unspecified atom stereocenters. The summed E-state index contributed by atoms with van der Waals surface area (Å²) in [5.74, 6) is 0.965. The summed E-state index contributed by atoms with van der Waals surface area (Å²) in [7, 11) is -2.56. The van der Waals surface area contributed by atoms with Crippen molar-refractivity contribution < 1.29 is 17.5 Å². The molecule has 10 heteroatoms. The van der Waals surface area contributed by atoms with Crippen LogP contribution in [0, 0.1) is 5.82 Å². The van der Waals surface area contributed by atoms with Crippen molar-refractivity contribution in [2.75, 3.05) is 20.2 Å². The fraction of sp³-hybridized carbons (Fsp3) is 0.500. The van der Waals surface area contributed by atoms with Gasteiger partial charge < -0.3 is 14.6 Å². The minimum Gasteiger partial charge on any atom is -0.495 e. The number of hydrogen-bond acceptors (Lipinski definition) is 6. The molecule has 1 atom stereocenters. The van der Waals surface area contributed by atoms with Crippen LogP contribution in [0.15, 0.2) is 23.1 Å². The molecular weight excluding hydrogens is 361 g/mol. The molecular formula is C16H20FN5O3S. The van der Waals surface area contributed by atoms with Crippen molar-refractivity contribution in [3.63, 3.8) is 0 Å². The Morgan fingerprint density at radius 3 is 2.96 bits per heavy atom. The van der Waals surface area contributed by atoms with Gasteiger partial charge in [-0.2, -0.15) is 4.31 Å². The smallest absolute Gasteiger partial charge is 0.247 e. The summed E-state index contributed by atoms with van der Waals surface area (Å²) in [5, 5.41) is 11.7. The number of benzene rings is 1. The van der Waals surface area contributed by atoms with Gasteiger partial charge in [0.1, 0.15) is 22.3 Å². The van der Waals surface area contributed by atoms with Gasteiger partial charge in [-0.25, -0.2) is 12.8 Å². The van der Waals surface area contributed by atoms with Crippen LogP contribution in [0.1, 0.15) is 30.5 Å². The molecule has 1 aromatic heterocycles. The Hall–Kier alpha value is -2.04. The van der Waals surface area contributed by atoms with Gasteiger partial charge in [0.05, 0.1) is 19.7 Å². The highest BCUT2D eigenvalue weighted by Gasteiger charge is 2.40. The molecule has 2 aromatic rings. The fourth-order valence-corrected chi connectivity index (χ4v) is 5.45. The molecule has 2 aliphatic heterocycles. The van der Waals surface area contributed by atoms with Gasteiger partial charge in [0.15, 0.2) is 5.82 Å². The van der Waals surface area contributed by atoms with Crippen LogP contribution >= 0.6 is 0 Å². The van der Waals surface area contributed by atoms with Crippen molar-refractivity contribution in [2.45, 2.75) is 36.9 Å². The standard InChI is InChI=1S/C16H20FN5O3S/c1-25-13-5-4-11(17)9-14(13)26(23,24)22-7-2-3-12(22)16-20-19-15-10-18-6-8-21(15)16/h4-5,9,12,18H,2-3,6-8,10H2,1H3/t12-/m1/s1. The maximum absolute atomic E-state index is 13.7. The maximum Gasteiger partial charge on any atom is 0.247 e. The van der Waals surface area contributed by atoms with Crippen molar-refractivity contribution in [1.29, 1.82) is 0 Å². The van der Waals surface area contributed by atoms with Crippen LogP contribution in [-0.4, -0.2) is 47.7 Å². The second-order valence-electron chi connectivity index (χ2n) is 6.37. The second kappa shape index (κ2) is 6.60. The average molecular weight is 381 g/mol. The summed E-state index contributed by atoms with van der Waals surface area (Å²) < 4.78 is 48.7. The quantitative estimate of drug-likeness (QED) is 0.852. The number of rotatable bonds is 4. The molecule has 0 bridgehead atoms. The van der Waals surface area contributed by atoms with Crippen LogP contribution in [0.2, 0.25) is 0 Å². The van der Waals surface area contributed by atoms with E-state index in [1.807, 2.05) is 4.57 Å². The largest absolute Gasteiger partial charge is 0.495 e. The Labute approximate surface area is 151 Å². The van der Waals surface area contributed by atoms with Gasteiger partial charge in [-0.05, 0) is 31.0 Å². The van der Waals surface area contributed by atoms with E-state index in [4.69, 9.17) is 4.74 Å². The number of fused-ring (bicyclic) bond motifs is 1. The van der Waals surface area contributed by atoms with E-state index in [0.717, 1.165) is 18.4 Å². The molecule has 3 heterocycles. The first kappa shape index (κ1) is 17.4. The fourth-order valence-electron chi connectivity index (χ4n) is 3.63. The van der Waals surface area contributed by atoms with Crippen molar-refractivity contribution >= 4 is 10.0 Å². The van der Waals surface area contributed by atoms with Gasteiger partial charge >= 0.3 is 0 Å². The Balaban J connectivity index is 1.75. The van der Waals surface area contributed by atoms with Crippen molar-refractivity contribution in [1.82, 2.24) is 24.4 Å². The van der Waals surface area contributed by atoms with E-state index in [0.29, 0.717) is 38.3 Å². The highest BCUT2D eigenvalue weighted by Crippen LogP contribution is 2.38. The van der Waals surface area contributed by atoms with Crippen molar-refractivity contribution in [3.8, 4) is 5.75 Å². The average Bonchev–Trinajstić information content (AvgIpc) is 3.28. The lowest BCUT2D eigenvalue weighted by atomic mass is 10.2. The van der Waals surface area contributed by atoms with E-state index in [1.165, 1.54) is 23.5 Å². The molecule has 0 spiro atoms. The predicted molar refractivity (Wildman–Crippen MR) is 90.5 cm³/mol. The normalized spacial score (nSPS) is 20.9. The van der Waals surface area contributed by atoms with Crippen LogP contribution in [0.3, 0.4) is 0 Å². The zero-order valence-corrected chi connectivity index (χ0v) is 15.2. The molecule has 1 N–H and O–H groups in total. The molecule has 0 saturated carbocycles. The molecule has 0 amide bonds. The van der Waals surface area contributed by atoms with E-state index in [-0.39, 0.29) is 10.6 Å². The Morgan fingerprint density at radius 1 is 1.31 bits per heavy atom. The highest BCUT2D eigenvalue weighted by molar-refractivity contribution is 7.89. The molecule has 1 aromatic carbocycles. The summed E-state index contributed by atoms with van der Waals surface area (Å²) in [6.45, 7) is 2.46. The first-order valence-corrected chi connectivity index (χ1v) is 9.94. The number of aromatic nitrogens is 3. The summed E-state index contributed by atoms with van der Waals surface area (Å²) in [4.78, 5) is -0.160. The molecule has 1 fully saturated rings. The van der Waals surface area contributed by atoms with Crippen molar-refractivity contribution in [3.05, 3.63) is 35.7 Å². The zero-order valence-electron chi connectivity index (χ0n) is 14.4. The van der Waals surface area contributed by atoms with E-state index in [2.05, 4.69) is 15.5 Å². The van der Waals surface area contributed by atoms with Gasteiger partial charge in [0.2, 0.25) is 10.0 Å². The third kappa shape index (κ3) is 2.78. The van der Waals surface area contributed by atoms with E-state index < -0.39 is 21.9 Å². The third-order valence-electron chi connectivity index (χ3n) is 4.87. The highest BCUT2D eigenvalue weighted by atomic mass is 32.2.